The van der Waals surface area contributed by atoms with Crippen LogP contribution in [-0.4, -0.2) is 23.9 Å². The molecule has 0 N–H and O–H groups in total. The maximum absolute atomic E-state index is 12.2. The standard InChI is InChI=1S/C13H20BrNO2/c1-9(2)7-15(8-10(3)4)13(16)11-5-6-12(14)17-11/h5-6,9-10H,7-8H2,1-4H3. The summed E-state index contributed by atoms with van der Waals surface area (Å²) in [5.74, 6) is 1.28. The number of nitrogens with zero attached hydrogens (tertiary/aromatic N) is 1. The van der Waals surface area contributed by atoms with Gasteiger partial charge in [0.2, 0.25) is 0 Å². The van der Waals surface area contributed by atoms with E-state index in [1.807, 2.05) is 4.90 Å². The van der Waals surface area contributed by atoms with Gasteiger partial charge in [-0.1, -0.05) is 27.7 Å². The minimum Gasteiger partial charge on any atom is -0.444 e. The normalized spacial score (nSPS) is 11.2. The van der Waals surface area contributed by atoms with E-state index in [4.69, 9.17) is 4.42 Å². The Hall–Kier alpha value is -0.770. The minimum absolute atomic E-state index is 0.0295. The van der Waals surface area contributed by atoms with Crippen molar-refractivity contribution in [1.82, 2.24) is 4.90 Å². The second-order valence-electron chi connectivity index (χ2n) is 5.10. The molecule has 0 aliphatic carbocycles. The molecule has 0 aliphatic rings. The average Bonchev–Trinajstić information content (AvgIpc) is 2.61. The molecule has 17 heavy (non-hydrogen) atoms. The van der Waals surface area contributed by atoms with Crippen LogP contribution >= 0.6 is 15.9 Å². The molecule has 1 aromatic heterocycles. The third-order valence-corrected chi connectivity index (χ3v) is 2.67. The van der Waals surface area contributed by atoms with E-state index in [1.54, 1.807) is 12.1 Å². The summed E-state index contributed by atoms with van der Waals surface area (Å²) in [6.07, 6.45) is 0. The molecule has 0 saturated heterocycles. The van der Waals surface area contributed by atoms with Crippen LogP contribution < -0.4 is 0 Å². The van der Waals surface area contributed by atoms with Gasteiger partial charge in [-0.15, -0.1) is 0 Å². The zero-order chi connectivity index (χ0) is 13.0. The molecule has 3 nitrogen and oxygen atoms in total. The Morgan fingerprint density at radius 3 is 2.12 bits per heavy atom. The first-order chi connectivity index (χ1) is 7.90. The molecule has 96 valence electrons. The molecule has 0 radical (unpaired) electrons. The van der Waals surface area contributed by atoms with E-state index in [-0.39, 0.29) is 5.91 Å². The maximum atomic E-state index is 12.2. The van der Waals surface area contributed by atoms with Crippen molar-refractivity contribution >= 4 is 21.8 Å². The van der Waals surface area contributed by atoms with E-state index in [0.29, 0.717) is 22.3 Å². The van der Waals surface area contributed by atoms with Crippen LogP contribution in [0.3, 0.4) is 0 Å². The predicted octanol–water partition coefficient (Wildman–Crippen LogP) is 3.80. The third kappa shape index (κ3) is 4.54. The van der Waals surface area contributed by atoms with Crippen molar-refractivity contribution in [3.05, 3.63) is 22.6 Å². The quantitative estimate of drug-likeness (QED) is 0.829. The number of carbonyl (C=O) groups is 1. The summed E-state index contributed by atoms with van der Waals surface area (Å²) in [6.45, 7) is 9.96. The van der Waals surface area contributed by atoms with Crippen molar-refractivity contribution in [2.24, 2.45) is 11.8 Å². The highest BCUT2D eigenvalue weighted by Gasteiger charge is 2.20. The van der Waals surface area contributed by atoms with E-state index < -0.39 is 0 Å². The van der Waals surface area contributed by atoms with Gasteiger partial charge in [0.05, 0.1) is 0 Å². The van der Waals surface area contributed by atoms with Crippen LogP contribution in [0.1, 0.15) is 38.2 Å². The van der Waals surface area contributed by atoms with Crippen LogP contribution in [0.5, 0.6) is 0 Å². The number of halogens is 1. The lowest BCUT2D eigenvalue weighted by molar-refractivity contribution is 0.0681. The van der Waals surface area contributed by atoms with Crippen molar-refractivity contribution in [3.63, 3.8) is 0 Å². The largest absolute Gasteiger partial charge is 0.444 e. The van der Waals surface area contributed by atoms with Gasteiger partial charge in [-0.25, -0.2) is 0 Å². The molecule has 0 atom stereocenters. The molecule has 1 aromatic rings. The molecule has 0 bridgehead atoms. The lowest BCUT2D eigenvalue weighted by Crippen LogP contribution is -2.36. The molecule has 1 rings (SSSR count). The number of hydrogen-bond donors (Lipinski definition) is 0. The summed E-state index contributed by atoms with van der Waals surface area (Å²) >= 11 is 3.21. The van der Waals surface area contributed by atoms with Gasteiger partial charge < -0.3 is 9.32 Å². The Bertz CT molecular complexity index is 361. The molecule has 1 amide bonds. The molecule has 0 fully saturated rings. The number of hydrogen-bond acceptors (Lipinski definition) is 2. The van der Waals surface area contributed by atoms with Gasteiger partial charge in [-0.05, 0) is 39.9 Å². The first-order valence-electron chi connectivity index (χ1n) is 5.94. The van der Waals surface area contributed by atoms with Gasteiger partial charge in [0.15, 0.2) is 10.4 Å². The average molecular weight is 302 g/mol. The van der Waals surface area contributed by atoms with Crippen LogP contribution in [0.2, 0.25) is 0 Å². The van der Waals surface area contributed by atoms with E-state index in [0.717, 1.165) is 13.1 Å². The molecule has 4 heteroatoms. The minimum atomic E-state index is -0.0295. The van der Waals surface area contributed by atoms with Gasteiger partial charge in [-0.2, -0.15) is 0 Å². The number of amides is 1. The van der Waals surface area contributed by atoms with Gasteiger partial charge in [-0.3, -0.25) is 4.79 Å². The second-order valence-corrected chi connectivity index (χ2v) is 5.88. The number of carbonyl (C=O) groups excluding carboxylic acids is 1. The number of furan rings is 1. The highest BCUT2D eigenvalue weighted by atomic mass is 79.9. The zero-order valence-corrected chi connectivity index (χ0v) is 12.5. The van der Waals surface area contributed by atoms with Crippen molar-refractivity contribution in [2.45, 2.75) is 27.7 Å². The van der Waals surface area contributed by atoms with Gasteiger partial charge in [0, 0.05) is 13.1 Å². The summed E-state index contributed by atoms with van der Waals surface area (Å²) in [7, 11) is 0. The summed E-state index contributed by atoms with van der Waals surface area (Å²) in [4.78, 5) is 14.1. The first kappa shape index (κ1) is 14.3. The zero-order valence-electron chi connectivity index (χ0n) is 10.9. The molecule has 0 spiro atoms. The fourth-order valence-corrected chi connectivity index (χ4v) is 2.01. The van der Waals surface area contributed by atoms with Crippen molar-refractivity contribution in [1.29, 1.82) is 0 Å². The Balaban J connectivity index is 2.78. The van der Waals surface area contributed by atoms with E-state index in [1.165, 1.54) is 0 Å². The van der Waals surface area contributed by atoms with E-state index >= 15 is 0 Å². The fourth-order valence-electron chi connectivity index (χ4n) is 1.71. The lowest BCUT2D eigenvalue weighted by Gasteiger charge is -2.25. The van der Waals surface area contributed by atoms with Crippen molar-refractivity contribution in [2.75, 3.05) is 13.1 Å². The fraction of sp³-hybridized carbons (Fsp3) is 0.615. The van der Waals surface area contributed by atoms with Crippen LogP contribution in [-0.2, 0) is 0 Å². The Morgan fingerprint density at radius 2 is 1.76 bits per heavy atom. The second kappa shape index (κ2) is 6.24. The van der Waals surface area contributed by atoms with Crippen LogP contribution in [0.4, 0.5) is 0 Å². The van der Waals surface area contributed by atoms with Crippen molar-refractivity contribution < 1.29 is 9.21 Å². The molecule has 0 aliphatic heterocycles. The van der Waals surface area contributed by atoms with Crippen LogP contribution in [0.15, 0.2) is 21.2 Å². The van der Waals surface area contributed by atoms with Crippen molar-refractivity contribution in [3.8, 4) is 0 Å². The van der Waals surface area contributed by atoms with Gasteiger partial charge >= 0.3 is 0 Å². The monoisotopic (exact) mass is 301 g/mol. The van der Waals surface area contributed by atoms with Gasteiger partial charge in [0.1, 0.15) is 0 Å². The van der Waals surface area contributed by atoms with Gasteiger partial charge in [0.25, 0.3) is 5.91 Å². The van der Waals surface area contributed by atoms with E-state index in [9.17, 15) is 4.79 Å². The number of rotatable bonds is 5. The summed E-state index contributed by atoms with van der Waals surface area (Å²) < 4.78 is 5.91. The third-order valence-electron chi connectivity index (χ3n) is 2.24. The Labute approximate surface area is 111 Å². The molecule has 0 aromatic carbocycles. The lowest BCUT2D eigenvalue weighted by atomic mass is 10.1. The maximum Gasteiger partial charge on any atom is 0.289 e. The summed E-state index contributed by atoms with van der Waals surface area (Å²) in [6, 6.07) is 3.45. The first-order valence-corrected chi connectivity index (χ1v) is 6.74. The molecular weight excluding hydrogens is 282 g/mol. The highest BCUT2D eigenvalue weighted by Crippen LogP contribution is 2.17. The summed E-state index contributed by atoms with van der Waals surface area (Å²) in [5.41, 5.74) is 0. The molecule has 0 saturated carbocycles. The van der Waals surface area contributed by atoms with E-state index in [2.05, 4.69) is 43.6 Å². The molecular formula is C13H20BrNO2. The molecule has 0 unspecified atom stereocenters. The SMILES string of the molecule is CC(C)CN(CC(C)C)C(=O)c1ccc(Br)o1. The van der Waals surface area contributed by atoms with Crippen LogP contribution in [0.25, 0.3) is 0 Å². The smallest absolute Gasteiger partial charge is 0.289 e. The predicted molar refractivity (Wildman–Crippen MR) is 72.0 cm³/mol. The highest BCUT2D eigenvalue weighted by molar-refractivity contribution is 9.10. The Kier molecular flexibility index (Phi) is 5.25. The van der Waals surface area contributed by atoms with Crippen LogP contribution in [0, 0.1) is 11.8 Å². The summed E-state index contributed by atoms with van der Waals surface area (Å²) in [5, 5.41) is 0. The topological polar surface area (TPSA) is 33.5 Å². The molecule has 1 heterocycles. The Morgan fingerprint density at radius 1 is 1.24 bits per heavy atom.